The third-order valence-corrected chi connectivity index (χ3v) is 3.71. The predicted molar refractivity (Wildman–Crippen MR) is 62.4 cm³/mol. The van der Waals surface area contributed by atoms with Crippen LogP contribution < -0.4 is 5.73 Å². The number of hydrogen-bond donors (Lipinski definition) is 1. The van der Waals surface area contributed by atoms with Gasteiger partial charge in [0.25, 0.3) is 0 Å². The van der Waals surface area contributed by atoms with Crippen molar-refractivity contribution in [2.45, 2.75) is 12.3 Å². The van der Waals surface area contributed by atoms with Crippen LogP contribution in [-0.4, -0.2) is 18.0 Å². The van der Waals surface area contributed by atoms with Gasteiger partial charge < -0.3 is 5.73 Å². The fraction of sp³-hybridized carbons (Fsp3) is 0.300. The number of pyridine rings is 1. The molecule has 86 valence electrons. The van der Waals surface area contributed by atoms with E-state index in [0.29, 0.717) is 15.5 Å². The summed E-state index contributed by atoms with van der Waals surface area (Å²) in [6.07, 6.45) is -2.45. The number of nitrogens with zero attached hydrogens (tertiary/aromatic N) is 1. The van der Waals surface area contributed by atoms with E-state index in [-0.39, 0.29) is 6.54 Å². The Hall–Kier alpha value is -0.780. The zero-order valence-corrected chi connectivity index (χ0v) is 9.73. The van der Waals surface area contributed by atoms with Crippen molar-refractivity contribution in [3.63, 3.8) is 0 Å². The fourth-order valence-electron chi connectivity index (χ4n) is 1.44. The Labute approximate surface area is 100 Å². The Balaban J connectivity index is 2.45. The smallest absolute Gasteiger partial charge is 0.247 e. The molecule has 2 nitrogen and oxygen atoms in total. The van der Waals surface area contributed by atoms with E-state index in [1.54, 1.807) is 18.2 Å². The van der Waals surface area contributed by atoms with Crippen molar-refractivity contribution in [3.05, 3.63) is 28.2 Å². The molecule has 6 heteroatoms. The number of alkyl halides is 2. The van der Waals surface area contributed by atoms with Gasteiger partial charge in [-0.25, -0.2) is 13.8 Å². The minimum absolute atomic E-state index is 0.0712. The Bertz CT molecular complexity index is 501. The quantitative estimate of drug-likeness (QED) is 0.863. The lowest BCUT2D eigenvalue weighted by Gasteiger charge is -2.10. The van der Waals surface area contributed by atoms with Gasteiger partial charge in [-0.05, 0) is 18.2 Å². The highest BCUT2D eigenvalue weighted by Crippen LogP contribution is 2.33. The lowest BCUT2D eigenvalue weighted by atomic mass is 10.1. The van der Waals surface area contributed by atoms with Gasteiger partial charge in [-0.15, -0.1) is 11.3 Å². The molecule has 0 saturated heterocycles. The molecule has 0 amide bonds. The Morgan fingerprint density at radius 1 is 1.44 bits per heavy atom. The first-order chi connectivity index (χ1) is 7.61. The fourth-order valence-corrected chi connectivity index (χ4v) is 2.72. The van der Waals surface area contributed by atoms with Crippen LogP contribution in [0, 0.1) is 0 Å². The number of thiophene rings is 1. The zero-order chi connectivity index (χ0) is 11.7. The highest BCUT2D eigenvalue weighted by atomic mass is 35.5. The van der Waals surface area contributed by atoms with Crippen LogP contribution in [0.5, 0.6) is 0 Å². The van der Waals surface area contributed by atoms with E-state index < -0.39 is 12.3 Å². The average molecular weight is 263 g/mol. The normalized spacial score (nSPS) is 13.6. The van der Waals surface area contributed by atoms with Gasteiger partial charge in [-0.2, -0.15) is 0 Å². The van der Waals surface area contributed by atoms with E-state index in [4.69, 9.17) is 17.3 Å². The molecular formula is C10H9ClF2N2S. The van der Waals surface area contributed by atoms with Crippen LogP contribution in [0.25, 0.3) is 10.2 Å². The second kappa shape index (κ2) is 4.61. The average Bonchev–Trinajstić information content (AvgIpc) is 2.60. The Kier molecular flexibility index (Phi) is 3.37. The molecule has 0 radical (unpaired) electrons. The van der Waals surface area contributed by atoms with Crippen LogP contribution in [0.4, 0.5) is 8.78 Å². The molecule has 0 aromatic carbocycles. The first-order valence-corrected chi connectivity index (χ1v) is 5.85. The summed E-state index contributed by atoms with van der Waals surface area (Å²) in [7, 11) is 0. The molecule has 0 fully saturated rings. The summed E-state index contributed by atoms with van der Waals surface area (Å²) in [5, 5.41) is 0.359. The summed E-state index contributed by atoms with van der Waals surface area (Å²) in [6, 6.07) is 5.05. The molecule has 2 aromatic heterocycles. The summed E-state index contributed by atoms with van der Waals surface area (Å²) in [4.78, 5) is 4.62. The van der Waals surface area contributed by atoms with E-state index in [1.165, 1.54) is 11.3 Å². The van der Waals surface area contributed by atoms with Gasteiger partial charge in [0.05, 0.1) is 16.1 Å². The lowest BCUT2D eigenvalue weighted by Crippen LogP contribution is -2.18. The van der Waals surface area contributed by atoms with Crippen molar-refractivity contribution >= 4 is 33.2 Å². The molecule has 2 heterocycles. The Morgan fingerprint density at radius 2 is 2.19 bits per heavy atom. The molecule has 2 aromatic rings. The molecule has 2 N–H and O–H groups in total. The molecular weight excluding hydrogens is 254 g/mol. The van der Waals surface area contributed by atoms with E-state index in [9.17, 15) is 8.78 Å². The van der Waals surface area contributed by atoms with Crippen molar-refractivity contribution in [3.8, 4) is 0 Å². The van der Waals surface area contributed by atoms with Gasteiger partial charge in [0, 0.05) is 11.4 Å². The topological polar surface area (TPSA) is 38.9 Å². The standard InChI is InChI=1S/C10H9ClF2N2S/c11-9-2-1-7-6(15-9)3-8(16-7)5(4-14)10(12)13/h1-3,5,10H,4,14H2. The van der Waals surface area contributed by atoms with Crippen LogP contribution in [0.1, 0.15) is 10.8 Å². The lowest BCUT2D eigenvalue weighted by molar-refractivity contribution is 0.118. The largest absolute Gasteiger partial charge is 0.330 e. The third kappa shape index (κ3) is 2.16. The number of hydrogen-bond acceptors (Lipinski definition) is 3. The second-order valence-corrected chi connectivity index (χ2v) is 4.85. The maximum atomic E-state index is 12.7. The van der Waals surface area contributed by atoms with Crippen LogP contribution in [0.2, 0.25) is 5.15 Å². The molecule has 0 bridgehead atoms. The predicted octanol–water partition coefficient (Wildman–Crippen LogP) is 3.26. The molecule has 0 aliphatic heterocycles. The highest BCUT2D eigenvalue weighted by molar-refractivity contribution is 7.19. The molecule has 0 spiro atoms. The van der Waals surface area contributed by atoms with Crippen molar-refractivity contribution in [2.24, 2.45) is 5.73 Å². The van der Waals surface area contributed by atoms with Crippen molar-refractivity contribution in [1.29, 1.82) is 0 Å². The van der Waals surface area contributed by atoms with Gasteiger partial charge in [0.2, 0.25) is 6.43 Å². The van der Waals surface area contributed by atoms with E-state index in [1.807, 2.05) is 0 Å². The number of aromatic nitrogens is 1. The molecule has 1 atom stereocenters. The van der Waals surface area contributed by atoms with E-state index in [2.05, 4.69) is 4.98 Å². The summed E-state index contributed by atoms with van der Waals surface area (Å²) in [6.45, 7) is -0.0712. The first kappa shape index (κ1) is 11.7. The molecule has 1 unspecified atom stereocenters. The van der Waals surface area contributed by atoms with Gasteiger partial charge in [-0.3, -0.25) is 0 Å². The van der Waals surface area contributed by atoms with Gasteiger partial charge >= 0.3 is 0 Å². The van der Waals surface area contributed by atoms with E-state index >= 15 is 0 Å². The molecule has 0 aliphatic carbocycles. The summed E-state index contributed by atoms with van der Waals surface area (Å²) >= 11 is 7.01. The van der Waals surface area contributed by atoms with Crippen LogP contribution in [0.3, 0.4) is 0 Å². The second-order valence-electron chi connectivity index (χ2n) is 3.34. The van der Waals surface area contributed by atoms with Crippen LogP contribution >= 0.6 is 22.9 Å². The Morgan fingerprint density at radius 3 is 2.81 bits per heavy atom. The van der Waals surface area contributed by atoms with Crippen molar-refractivity contribution in [1.82, 2.24) is 4.98 Å². The number of halogens is 3. The summed E-state index contributed by atoms with van der Waals surface area (Å²) in [5.74, 6) is -0.919. The van der Waals surface area contributed by atoms with Gasteiger partial charge in [0.15, 0.2) is 0 Å². The summed E-state index contributed by atoms with van der Waals surface area (Å²) < 4.78 is 26.2. The van der Waals surface area contributed by atoms with Crippen molar-refractivity contribution in [2.75, 3.05) is 6.54 Å². The highest BCUT2D eigenvalue weighted by Gasteiger charge is 2.23. The van der Waals surface area contributed by atoms with E-state index in [0.717, 1.165) is 4.70 Å². The zero-order valence-electron chi connectivity index (χ0n) is 8.16. The minimum Gasteiger partial charge on any atom is -0.330 e. The SMILES string of the molecule is NCC(c1cc2nc(Cl)ccc2s1)C(F)F. The van der Waals surface area contributed by atoms with Gasteiger partial charge in [-0.1, -0.05) is 11.6 Å². The maximum absolute atomic E-state index is 12.7. The molecule has 0 saturated carbocycles. The first-order valence-electron chi connectivity index (χ1n) is 4.66. The van der Waals surface area contributed by atoms with Crippen LogP contribution in [0.15, 0.2) is 18.2 Å². The minimum atomic E-state index is -2.45. The number of fused-ring (bicyclic) bond motifs is 1. The van der Waals surface area contributed by atoms with Crippen LogP contribution in [-0.2, 0) is 0 Å². The number of nitrogens with two attached hydrogens (primary N) is 1. The molecule has 2 rings (SSSR count). The monoisotopic (exact) mass is 262 g/mol. The number of rotatable bonds is 3. The summed E-state index contributed by atoms with van der Waals surface area (Å²) in [5.41, 5.74) is 5.98. The van der Waals surface area contributed by atoms with Gasteiger partial charge in [0.1, 0.15) is 5.15 Å². The van der Waals surface area contributed by atoms with Crippen molar-refractivity contribution < 1.29 is 8.78 Å². The maximum Gasteiger partial charge on any atom is 0.247 e. The molecule has 0 aliphatic rings. The third-order valence-electron chi connectivity index (χ3n) is 2.28. The molecule has 16 heavy (non-hydrogen) atoms.